The van der Waals surface area contributed by atoms with Crippen LogP contribution in [0, 0.1) is 0 Å². The maximum Gasteiger partial charge on any atom is 0.0811 e. The Labute approximate surface area is 81.7 Å². The molecule has 0 aliphatic carbocycles. The van der Waals surface area contributed by atoms with Crippen molar-refractivity contribution in [2.75, 3.05) is 6.54 Å². The lowest BCUT2D eigenvalue weighted by molar-refractivity contribution is 0.543. The van der Waals surface area contributed by atoms with Crippen LogP contribution < -0.4 is 5.73 Å². The second-order valence-corrected chi connectivity index (χ2v) is 3.41. The lowest BCUT2D eigenvalue weighted by Gasteiger charge is -2.28. The molecule has 1 aromatic rings. The van der Waals surface area contributed by atoms with Crippen LogP contribution in [0.5, 0.6) is 0 Å². The van der Waals surface area contributed by atoms with Crippen molar-refractivity contribution in [3.63, 3.8) is 0 Å². The average molecular weight is 173 g/mol. The highest BCUT2D eigenvalue weighted by Gasteiger charge is 2.22. The van der Waals surface area contributed by atoms with Gasteiger partial charge >= 0.3 is 0 Å². The van der Waals surface area contributed by atoms with Gasteiger partial charge in [-0.2, -0.15) is 0 Å². The number of hydrogen-bond donors (Lipinski definition) is 1. The van der Waals surface area contributed by atoms with Crippen molar-refractivity contribution in [1.82, 2.24) is 0 Å². The van der Waals surface area contributed by atoms with Crippen molar-refractivity contribution >= 4 is 7.85 Å². The van der Waals surface area contributed by atoms with E-state index in [9.17, 15) is 0 Å². The smallest absolute Gasteiger partial charge is 0.0811 e. The van der Waals surface area contributed by atoms with Gasteiger partial charge in [-0.05, 0) is 18.3 Å². The van der Waals surface area contributed by atoms with Crippen molar-refractivity contribution < 1.29 is 0 Å². The summed E-state index contributed by atoms with van der Waals surface area (Å²) in [6, 6.07) is 10.2. The van der Waals surface area contributed by atoms with Crippen molar-refractivity contribution in [2.45, 2.75) is 25.1 Å². The first kappa shape index (κ1) is 10.3. The van der Waals surface area contributed by atoms with E-state index in [2.05, 4.69) is 19.1 Å². The quantitative estimate of drug-likeness (QED) is 0.690. The van der Waals surface area contributed by atoms with Gasteiger partial charge in [0.05, 0.1) is 7.85 Å². The molecule has 0 spiro atoms. The summed E-state index contributed by atoms with van der Waals surface area (Å²) in [5.41, 5.74) is 6.73. The van der Waals surface area contributed by atoms with E-state index < -0.39 is 0 Å². The van der Waals surface area contributed by atoms with Crippen LogP contribution in [-0.2, 0) is 5.31 Å². The summed E-state index contributed by atoms with van der Waals surface area (Å²) in [4.78, 5) is 0. The predicted octanol–water partition coefficient (Wildman–Crippen LogP) is 1.81. The summed E-state index contributed by atoms with van der Waals surface area (Å²) in [6.45, 7) is 2.74. The molecule has 0 fully saturated rings. The molecule has 68 valence electrons. The zero-order valence-corrected chi connectivity index (χ0v) is 8.16. The monoisotopic (exact) mass is 173 g/mol. The molecule has 2 N–H and O–H groups in total. The van der Waals surface area contributed by atoms with Crippen LogP contribution in [-0.4, -0.2) is 14.4 Å². The van der Waals surface area contributed by atoms with E-state index in [1.165, 1.54) is 5.56 Å². The van der Waals surface area contributed by atoms with E-state index in [1.807, 2.05) is 18.2 Å². The van der Waals surface area contributed by atoms with Gasteiger partial charge in [0.1, 0.15) is 0 Å². The van der Waals surface area contributed by atoms with Crippen molar-refractivity contribution in [2.24, 2.45) is 5.73 Å². The lowest BCUT2D eigenvalue weighted by atomic mass is 9.60. The Kier molecular flexibility index (Phi) is 3.55. The molecule has 0 amide bonds. The second kappa shape index (κ2) is 4.47. The largest absolute Gasteiger partial charge is 0.330 e. The first-order valence-electron chi connectivity index (χ1n) is 4.77. The van der Waals surface area contributed by atoms with Gasteiger partial charge in [0.2, 0.25) is 0 Å². The molecule has 0 aromatic heterocycles. The normalized spacial score (nSPS) is 15.2. The highest BCUT2D eigenvalue weighted by molar-refractivity contribution is 6.15. The van der Waals surface area contributed by atoms with E-state index >= 15 is 0 Å². The highest BCUT2D eigenvalue weighted by Crippen LogP contribution is 2.26. The van der Waals surface area contributed by atoms with Crippen LogP contribution in [0.2, 0.25) is 0 Å². The molecule has 2 heteroatoms. The average Bonchev–Trinajstić information content (AvgIpc) is 2.19. The zero-order valence-electron chi connectivity index (χ0n) is 8.16. The maximum atomic E-state index is 6.25. The molecule has 0 saturated heterocycles. The predicted molar refractivity (Wildman–Crippen MR) is 57.8 cm³/mol. The molecular weight excluding hydrogens is 157 g/mol. The van der Waals surface area contributed by atoms with Gasteiger partial charge in [-0.25, -0.2) is 0 Å². The fourth-order valence-electron chi connectivity index (χ4n) is 1.55. The molecule has 0 heterocycles. The van der Waals surface area contributed by atoms with E-state index in [0.29, 0.717) is 6.54 Å². The zero-order chi connectivity index (χ0) is 9.73. The standard InChI is InChI=1S/C11H16BN/c1-2-11(12,8-9-13)10-6-4-3-5-7-10/h3-7H,2,8-9,13H2,1H3. The van der Waals surface area contributed by atoms with Gasteiger partial charge in [0.25, 0.3) is 0 Å². The molecule has 2 radical (unpaired) electrons. The van der Waals surface area contributed by atoms with E-state index in [-0.39, 0.29) is 5.31 Å². The van der Waals surface area contributed by atoms with Gasteiger partial charge in [-0.3, -0.25) is 0 Å². The van der Waals surface area contributed by atoms with Crippen LogP contribution in [0.1, 0.15) is 25.3 Å². The Balaban J connectivity index is 2.89. The number of hydrogen-bond acceptors (Lipinski definition) is 1. The van der Waals surface area contributed by atoms with Crippen molar-refractivity contribution in [3.05, 3.63) is 35.9 Å². The van der Waals surface area contributed by atoms with E-state index in [1.54, 1.807) is 0 Å². The van der Waals surface area contributed by atoms with Crippen LogP contribution >= 0.6 is 0 Å². The molecule has 13 heavy (non-hydrogen) atoms. The van der Waals surface area contributed by atoms with Gasteiger partial charge in [-0.15, -0.1) is 0 Å². The molecule has 0 saturated carbocycles. The Bertz CT molecular complexity index is 248. The highest BCUT2D eigenvalue weighted by atomic mass is 14.5. The SMILES string of the molecule is [B]C(CC)(CCN)c1ccccc1. The minimum atomic E-state index is -0.240. The fourth-order valence-corrected chi connectivity index (χ4v) is 1.55. The number of nitrogens with two attached hydrogens (primary N) is 1. The Morgan fingerprint density at radius 1 is 1.31 bits per heavy atom. The third-order valence-corrected chi connectivity index (χ3v) is 2.57. The first-order chi connectivity index (χ1) is 6.23. The number of benzene rings is 1. The molecule has 0 bridgehead atoms. The fraction of sp³-hybridized carbons (Fsp3) is 0.455. The van der Waals surface area contributed by atoms with Gasteiger partial charge in [0, 0.05) is 0 Å². The van der Waals surface area contributed by atoms with Gasteiger partial charge in [0.15, 0.2) is 0 Å². The Morgan fingerprint density at radius 2 is 1.92 bits per heavy atom. The molecular formula is C11H16BN. The summed E-state index contributed by atoms with van der Waals surface area (Å²) >= 11 is 0. The molecule has 1 rings (SSSR count). The second-order valence-electron chi connectivity index (χ2n) is 3.41. The minimum absolute atomic E-state index is 0.240. The summed E-state index contributed by atoms with van der Waals surface area (Å²) in [7, 11) is 6.25. The molecule has 0 aliphatic rings. The third kappa shape index (κ3) is 2.34. The minimum Gasteiger partial charge on any atom is -0.330 e. The van der Waals surface area contributed by atoms with Crippen LogP contribution in [0.4, 0.5) is 0 Å². The van der Waals surface area contributed by atoms with Crippen LogP contribution in [0.25, 0.3) is 0 Å². The van der Waals surface area contributed by atoms with E-state index in [4.69, 9.17) is 13.6 Å². The van der Waals surface area contributed by atoms with Gasteiger partial charge < -0.3 is 5.73 Å². The molecule has 0 aliphatic heterocycles. The Hall–Kier alpha value is -0.755. The summed E-state index contributed by atoms with van der Waals surface area (Å²) in [6.07, 6.45) is 1.77. The summed E-state index contributed by atoms with van der Waals surface area (Å²) < 4.78 is 0. The lowest BCUT2D eigenvalue weighted by Crippen LogP contribution is -2.28. The topological polar surface area (TPSA) is 26.0 Å². The molecule has 1 unspecified atom stereocenters. The molecule has 1 aromatic carbocycles. The van der Waals surface area contributed by atoms with Gasteiger partial charge in [-0.1, -0.05) is 49.2 Å². The third-order valence-electron chi connectivity index (χ3n) is 2.57. The molecule has 1 nitrogen and oxygen atoms in total. The number of rotatable bonds is 4. The maximum absolute atomic E-state index is 6.25. The Morgan fingerprint density at radius 3 is 2.38 bits per heavy atom. The van der Waals surface area contributed by atoms with Crippen molar-refractivity contribution in [3.8, 4) is 0 Å². The summed E-state index contributed by atoms with van der Waals surface area (Å²) in [5.74, 6) is 0. The van der Waals surface area contributed by atoms with E-state index in [0.717, 1.165) is 12.8 Å². The van der Waals surface area contributed by atoms with Crippen LogP contribution in [0.3, 0.4) is 0 Å². The summed E-state index contributed by atoms with van der Waals surface area (Å²) in [5, 5.41) is -0.240. The first-order valence-corrected chi connectivity index (χ1v) is 4.77. The van der Waals surface area contributed by atoms with Crippen molar-refractivity contribution in [1.29, 1.82) is 0 Å². The van der Waals surface area contributed by atoms with Crippen LogP contribution in [0.15, 0.2) is 30.3 Å². The molecule has 1 atom stereocenters.